The second-order valence-corrected chi connectivity index (χ2v) is 8.29. The molecule has 0 bridgehead atoms. The molecule has 8 heteroatoms. The van der Waals surface area contributed by atoms with Gasteiger partial charge in [0.05, 0.1) is 16.2 Å². The number of hydrogen-bond acceptors (Lipinski definition) is 5. The topological polar surface area (TPSA) is 88.0 Å². The monoisotopic (exact) mass is 464 g/mol. The van der Waals surface area contributed by atoms with Gasteiger partial charge in [-0.1, -0.05) is 35.9 Å². The van der Waals surface area contributed by atoms with Crippen LogP contribution in [0.3, 0.4) is 0 Å². The summed E-state index contributed by atoms with van der Waals surface area (Å²) in [6.07, 6.45) is 1.79. The first-order valence-electron chi connectivity index (χ1n) is 9.56. The van der Waals surface area contributed by atoms with Gasteiger partial charge in [-0.05, 0) is 77.5 Å². The van der Waals surface area contributed by atoms with E-state index in [1.165, 1.54) is 11.8 Å². The minimum absolute atomic E-state index is 0.201. The molecule has 32 heavy (non-hydrogen) atoms. The Kier molecular flexibility index (Phi) is 6.58. The lowest BCUT2D eigenvalue weighted by Gasteiger charge is -2.07. The predicted molar refractivity (Wildman–Crippen MR) is 126 cm³/mol. The summed E-state index contributed by atoms with van der Waals surface area (Å²) in [7, 11) is 0. The van der Waals surface area contributed by atoms with Crippen LogP contribution >= 0.6 is 23.4 Å². The van der Waals surface area contributed by atoms with Crippen LogP contribution < -0.4 is 10.1 Å². The minimum Gasteiger partial charge on any atom is -0.489 e. The number of carboxylic acid groups (broad SMARTS) is 1. The summed E-state index contributed by atoms with van der Waals surface area (Å²) in [6, 6.07) is 20.9. The van der Waals surface area contributed by atoms with Gasteiger partial charge in [0, 0.05) is 5.02 Å². The second-order valence-electron chi connectivity index (χ2n) is 6.82. The van der Waals surface area contributed by atoms with Crippen LogP contribution in [0.15, 0.2) is 82.7 Å². The highest BCUT2D eigenvalue weighted by Gasteiger charge is 2.23. The maximum absolute atomic E-state index is 12.3. The number of amidine groups is 1. The fraction of sp³-hybridized carbons (Fsp3) is 0.0417. The number of halogens is 1. The Balaban J connectivity index is 1.37. The number of hydrogen-bond donors (Lipinski definition) is 2. The molecule has 0 aliphatic carbocycles. The third-order valence-corrected chi connectivity index (χ3v) is 5.65. The van der Waals surface area contributed by atoms with Crippen LogP contribution in [0.4, 0.5) is 5.69 Å². The van der Waals surface area contributed by atoms with Gasteiger partial charge in [-0.25, -0.2) is 9.79 Å². The molecule has 1 fully saturated rings. The zero-order valence-electron chi connectivity index (χ0n) is 16.6. The fourth-order valence-corrected chi connectivity index (χ4v) is 3.80. The lowest BCUT2D eigenvalue weighted by atomic mass is 10.1. The third-order valence-electron chi connectivity index (χ3n) is 4.49. The Labute approximate surface area is 193 Å². The molecular weight excluding hydrogens is 448 g/mol. The molecule has 0 saturated carbocycles. The van der Waals surface area contributed by atoms with Crippen LogP contribution in [-0.4, -0.2) is 22.2 Å². The molecule has 1 saturated heterocycles. The number of ether oxygens (including phenoxy) is 1. The number of carbonyl (C=O) groups excluding carboxylic acids is 1. The molecule has 3 aromatic rings. The average molecular weight is 465 g/mol. The van der Waals surface area contributed by atoms with E-state index in [1.54, 1.807) is 54.6 Å². The van der Waals surface area contributed by atoms with E-state index in [2.05, 4.69) is 10.3 Å². The summed E-state index contributed by atoms with van der Waals surface area (Å²) in [4.78, 5) is 28.1. The SMILES string of the molecule is O=C1NC(=Nc2ccc(Cl)cc2)S/C1=C\c1ccc(OCc2ccc(C(=O)O)cc2)cc1. The third kappa shape index (κ3) is 5.57. The number of carboxylic acids is 1. The molecule has 4 rings (SSSR count). The molecule has 0 radical (unpaired) electrons. The van der Waals surface area contributed by atoms with Crippen LogP contribution in [0.1, 0.15) is 21.5 Å². The normalized spacial score (nSPS) is 15.7. The second kappa shape index (κ2) is 9.72. The summed E-state index contributed by atoms with van der Waals surface area (Å²) in [5.41, 5.74) is 2.67. The van der Waals surface area contributed by atoms with Gasteiger partial charge in [0.15, 0.2) is 5.17 Å². The van der Waals surface area contributed by atoms with E-state index in [-0.39, 0.29) is 11.5 Å². The van der Waals surface area contributed by atoms with Crippen molar-refractivity contribution in [2.75, 3.05) is 0 Å². The Bertz CT molecular complexity index is 1200. The largest absolute Gasteiger partial charge is 0.489 e. The predicted octanol–water partition coefficient (Wildman–Crippen LogP) is 5.51. The highest BCUT2D eigenvalue weighted by Crippen LogP contribution is 2.29. The van der Waals surface area contributed by atoms with Crippen molar-refractivity contribution in [2.45, 2.75) is 6.61 Å². The van der Waals surface area contributed by atoms with Crippen molar-refractivity contribution in [3.63, 3.8) is 0 Å². The number of nitrogens with one attached hydrogen (secondary N) is 1. The van der Waals surface area contributed by atoms with Gasteiger partial charge >= 0.3 is 5.97 Å². The molecular formula is C24H17ClN2O4S. The maximum atomic E-state index is 12.3. The van der Waals surface area contributed by atoms with E-state index in [0.717, 1.165) is 11.1 Å². The van der Waals surface area contributed by atoms with Crippen LogP contribution in [0.25, 0.3) is 6.08 Å². The van der Waals surface area contributed by atoms with E-state index in [0.29, 0.717) is 33.1 Å². The molecule has 0 atom stereocenters. The van der Waals surface area contributed by atoms with Crippen molar-refractivity contribution in [1.82, 2.24) is 5.32 Å². The number of carbonyl (C=O) groups is 2. The van der Waals surface area contributed by atoms with Gasteiger partial charge in [0.2, 0.25) is 0 Å². The zero-order valence-corrected chi connectivity index (χ0v) is 18.2. The van der Waals surface area contributed by atoms with Crippen LogP contribution in [0.5, 0.6) is 5.75 Å². The summed E-state index contributed by atoms with van der Waals surface area (Å²) >= 11 is 7.15. The molecule has 0 spiro atoms. The standard InChI is InChI=1S/C24H17ClN2O4S/c25-18-7-9-19(10-8-18)26-24-27-22(28)21(32-24)13-15-3-11-20(12-4-15)31-14-16-1-5-17(6-2-16)23(29)30/h1-13H,14H2,(H,29,30)(H,26,27,28)/b21-13-. The summed E-state index contributed by atoms with van der Waals surface area (Å²) < 4.78 is 5.75. The van der Waals surface area contributed by atoms with E-state index in [9.17, 15) is 9.59 Å². The Morgan fingerprint density at radius 1 is 1.03 bits per heavy atom. The van der Waals surface area contributed by atoms with E-state index < -0.39 is 5.97 Å². The highest BCUT2D eigenvalue weighted by atomic mass is 35.5. The minimum atomic E-state index is -0.959. The smallest absolute Gasteiger partial charge is 0.335 e. The molecule has 1 heterocycles. The van der Waals surface area contributed by atoms with Gasteiger partial charge in [-0.2, -0.15) is 0 Å². The Morgan fingerprint density at radius 3 is 2.38 bits per heavy atom. The zero-order chi connectivity index (χ0) is 22.5. The molecule has 0 aromatic heterocycles. The van der Waals surface area contributed by atoms with Crippen LogP contribution in [0, 0.1) is 0 Å². The first-order valence-corrected chi connectivity index (χ1v) is 10.8. The van der Waals surface area contributed by atoms with Crippen LogP contribution in [-0.2, 0) is 11.4 Å². The first kappa shape index (κ1) is 21.7. The number of amides is 1. The lowest BCUT2D eigenvalue weighted by Crippen LogP contribution is -2.19. The van der Waals surface area contributed by atoms with Crippen LogP contribution in [0.2, 0.25) is 5.02 Å². The molecule has 6 nitrogen and oxygen atoms in total. The number of aromatic carboxylic acids is 1. The van der Waals surface area contributed by atoms with Crippen molar-refractivity contribution in [3.05, 3.63) is 99.4 Å². The lowest BCUT2D eigenvalue weighted by molar-refractivity contribution is -0.115. The van der Waals surface area contributed by atoms with Gasteiger partial charge < -0.3 is 15.2 Å². The maximum Gasteiger partial charge on any atom is 0.335 e. The number of rotatable bonds is 6. The highest BCUT2D eigenvalue weighted by molar-refractivity contribution is 8.18. The molecule has 1 aliphatic rings. The summed E-state index contributed by atoms with van der Waals surface area (Å²) in [5, 5.41) is 12.8. The molecule has 1 aliphatic heterocycles. The molecule has 2 N–H and O–H groups in total. The summed E-state index contributed by atoms with van der Waals surface area (Å²) in [6.45, 7) is 0.323. The van der Waals surface area contributed by atoms with Crippen molar-refractivity contribution >= 4 is 52.2 Å². The Hall–Kier alpha value is -3.55. The van der Waals surface area contributed by atoms with Crippen molar-refractivity contribution in [3.8, 4) is 5.75 Å². The number of nitrogens with zero attached hydrogens (tertiary/aromatic N) is 1. The fourth-order valence-electron chi connectivity index (χ4n) is 2.84. The van der Waals surface area contributed by atoms with Gasteiger partial charge in [-0.15, -0.1) is 0 Å². The van der Waals surface area contributed by atoms with Crippen molar-refractivity contribution < 1.29 is 19.4 Å². The Morgan fingerprint density at radius 2 is 1.72 bits per heavy atom. The molecule has 3 aromatic carbocycles. The van der Waals surface area contributed by atoms with Crippen molar-refractivity contribution in [2.24, 2.45) is 4.99 Å². The van der Waals surface area contributed by atoms with E-state index >= 15 is 0 Å². The summed E-state index contributed by atoms with van der Waals surface area (Å²) in [5.74, 6) is -0.490. The van der Waals surface area contributed by atoms with Gasteiger partial charge in [0.25, 0.3) is 5.91 Å². The molecule has 1 amide bonds. The molecule has 0 unspecified atom stereocenters. The van der Waals surface area contributed by atoms with E-state index in [4.69, 9.17) is 21.4 Å². The van der Waals surface area contributed by atoms with Crippen molar-refractivity contribution in [1.29, 1.82) is 0 Å². The average Bonchev–Trinajstić information content (AvgIpc) is 3.13. The number of benzene rings is 3. The number of thioether (sulfide) groups is 1. The molecule has 160 valence electrons. The first-order chi connectivity index (χ1) is 15.5. The van der Waals surface area contributed by atoms with Gasteiger partial charge in [-0.3, -0.25) is 4.79 Å². The van der Waals surface area contributed by atoms with E-state index in [1.807, 2.05) is 24.3 Å². The number of aliphatic imine (C=N–C) groups is 1. The van der Waals surface area contributed by atoms with Gasteiger partial charge in [0.1, 0.15) is 12.4 Å². The quantitative estimate of drug-likeness (QED) is 0.470.